The van der Waals surface area contributed by atoms with Crippen LogP contribution in [0.4, 0.5) is 5.82 Å². The fourth-order valence-electron chi connectivity index (χ4n) is 2.32. The van der Waals surface area contributed by atoms with Gasteiger partial charge in [0.05, 0.1) is 11.1 Å². The van der Waals surface area contributed by atoms with Crippen molar-refractivity contribution in [3.05, 3.63) is 35.9 Å². The molecule has 1 atom stereocenters. The molecule has 20 heavy (non-hydrogen) atoms. The van der Waals surface area contributed by atoms with Crippen molar-refractivity contribution in [2.75, 3.05) is 5.32 Å². The summed E-state index contributed by atoms with van der Waals surface area (Å²) in [4.78, 5) is 4.58. The number of para-hydroxylation sites is 1. The molecule has 0 aliphatic heterocycles. The molecule has 0 bridgehead atoms. The normalized spacial score (nSPS) is 12.1. The van der Waals surface area contributed by atoms with E-state index >= 15 is 0 Å². The lowest BCUT2D eigenvalue weighted by atomic mass is 10.1. The van der Waals surface area contributed by atoms with Crippen LogP contribution in [-0.4, -0.2) is 11.0 Å². The Kier molecular flexibility index (Phi) is 4.95. The second-order valence-corrected chi connectivity index (χ2v) is 5.23. The highest BCUT2D eigenvalue weighted by molar-refractivity contribution is 5.82. The van der Waals surface area contributed by atoms with Crippen LogP contribution in [0, 0.1) is 11.3 Å². The quantitative estimate of drug-likeness (QED) is 0.785. The summed E-state index contributed by atoms with van der Waals surface area (Å²) in [5.41, 5.74) is 1.54. The number of nitrogens with one attached hydrogen (secondary N) is 1. The van der Waals surface area contributed by atoms with Crippen LogP contribution in [-0.2, 0) is 0 Å². The number of benzene rings is 1. The predicted octanol–water partition coefficient (Wildman–Crippen LogP) is 4.49. The van der Waals surface area contributed by atoms with Gasteiger partial charge in [-0.2, -0.15) is 5.26 Å². The van der Waals surface area contributed by atoms with Crippen LogP contribution < -0.4 is 5.32 Å². The van der Waals surface area contributed by atoms with Crippen molar-refractivity contribution in [2.45, 2.75) is 45.6 Å². The van der Waals surface area contributed by atoms with Gasteiger partial charge in [-0.15, -0.1) is 0 Å². The highest BCUT2D eigenvalue weighted by Crippen LogP contribution is 2.21. The first-order valence-corrected chi connectivity index (χ1v) is 7.31. The molecule has 2 aromatic rings. The number of nitriles is 1. The van der Waals surface area contributed by atoms with Gasteiger partial charge in [-0.25, -0.2) is 4.98 Å². The smallest absolute Gasteiger partial charge is 0.144 e. The third kappa shape index (κ3) is 3.48. The Balaban J connectivity index is 2.18. The SMILES string of the molecule is CCCCCC(C)Nc1nc2ccccc2cc1C#N. The van der Waals surface area contributed by atoms with Crippen LogP contribution in [0.25, 0.3) is 10.9 Å². The average molecular weight is 267 g/mol. The molecule has 1 aromatic carbocycles. The molecule has 1 unspecified atom stereocenters. The lowest BCUT2D eigenvalue weighted by Crippen LogP contribution is -2.16. The maximum Gasteiger partial charge on any atom is 0.144 e. The van der Waals surface area contributed by atoms with E-state index in [0.717, 1.165) is 17.3 Å². The number of pyridine rings is 1. The molecule has 2 rings (SSSR count). The number of hydrogen-bond acceptors (Lipinski definition) is 3. The largest absolute Gasteiger partial charge is 0.367 e. The molecule has 0 aliphatic carbocycles. The molecule has 0 saturated carbocycles. The Labute approximate surface area is 120 Å². The minimum atomic E-state index is 0.335. The Morgan fingerprint density at radius 1 is 1.30 bits per heavy atom. The van der Waals surface area contributed by atoms with Gasteiger partial charge in [0.25, 0.3) is 0 Å². The first-order chi connectivity index (χ1) is 9.74. The summed E-state index contributed by atoms with van der Waals surface area (Å²) in [6.45, 7) is 4.35. The Hall–Kier alpha value is -2.08. The maximum absolute atomic E-state index is 9.27. The van der Waals surface area contributed by atoms with E-state index in [0.29, 0.717) is 17.4 Å². The number of unbranched alkanes of at least 4 members (excludes halogenated alkanes) is 2. The molecule has 3 heteroatoms. The van der Waals surface area contributed by atoms with Crippen molar-refractivity contribution in [1.82, 2.24) is 4.98 Å². The monoisotopic (exact) mass is 267 g/mol. The highest BCUT2D eigenvalue weighted by Gasteiger charge is 2.09. The zero-order chi connectivity index (χ0) is 14.4. The fourth-order valence-corrected chi connectivity index (χ4v) is 2.32. The van der Waals surface area contributed by atoms with Gasteiger partial charge in [0.15, 0.2) is 0 Å². The van der Waals surface area contributed by atoms with Gasteiger partial charge in [-0.1, -0.05) is 44.4 Å². The zero-order valence-electron chi connectivity index (χ0n) is 12.2. The summed E-state index contributed by atoms with van der Waals surface area (Å²) >= 11 is 0. The van der Waals surface area contributed by atoms with E-state index in [1.54, 1.807) is 0 Å². The zero-order valence-corrected chi connectivity index (χ0v) is 12.2. The Morgan fingerprint density at radius 3 is 2.85 bits per heavy atom. The van der Waals surface area contributed by atoms with Crippen LogP contribution in [0.15, 0.2) is 30.3 Å². The predicted molar refractivity (Wildman–Crippen MR) is 83.7 cm³/mol. The van der Waals surface area contributed by atoms with E-state index in [9.17, 15) is 5.26 Å². The average Bonchev–Trinajstić information content (AvgIpc) is 2.46. The molecule has 104 valence electrons. The molecule has 3 nitrogen and oxygen atoms in total. The van der Waals surface area contributed by atoms with Crippen molar-refractivity contribution < 1.29 is 0 Å². The molecule has 0 radical (unpaired) electrons. The van der Waals surface area contributed by atoms with Crippen molar-refractivity contribution in [2.24, 2.45) is 0 Å². The summed E-state index contributed by atoms with van der Waals surface area (Å²) in [6.07, 6.45) is 4.79. The summed E-state index contributed by atoms with van der Waals surface area (Å²) in [5, 5.41) is 13.7. The number of anilines is 1. The van der Waals surface area contributed by atoms with Crippen molar-refractivity contribution in [3.8, 4) is 6.07 Å². The summed E-state index contributed by atoms with van der Waals surface area (Å²) in [7, 11) is 0. The van der Waals surface area contributed by atoms with Gasteiger partial charge in [-0.05, 0) is 25.5 Å². The number of hydrogen-bond donors (Lipinski definition) is 1. The number of nitrogens with zero attached hydrogens (tertiary/aromatic N) is 2. The van der Waals surface area contributed by atoms with Crippen molar-refractivity contribution in [1.29, 1.82) is 5.26 Å². The highest BCUT2D eigenvalue weighted by atomic mass is 15.0. The third-order valence-electron chi connectivity index (χ3n) is 3.47. The Morgan fingerprint density at radius 2 is 2.10 bits per heavy atom. The van der Waals surface area contributed by atoms with Crippen molar-refractivity contribution >= 4 is 16.7 Å². The van der Waals surface area contributed by atoms with Gasteiger partial charge >= 0.3 is 0 Å². The maximum atomic E-state index is 9.27. The summed E-state index contributed by atoms with van der Waals surface area (Å²) in [6, 6.07) is 12.4. The van der Waals surface area contributed by atoms with Gasteiger partial charge in [0.2, 0.25) is 0 Å². The van der Waals surface area contributed by atoms with Gasteiger partial charge < -0.3 is 5.32 Å². The second kappa shape index (κ2) is 6.91. The van der Waals surface area contributed by atoms with E-state index in [1.165, 1.54) is 19.3 Å². The van der Waals surface area contributed by atoms with Crippen LogP contribution in [0.1, 0.15) is 45.1 Å². The standard InChI is InChI=1S/C17H21N3/c1-3-4-5-8-13(2)19-17-15(12-18)11-14-9-6-7-10-16(14)20-17/h6-7,9-11,13H,3-5,8H2,1-2H3,(H,19,20). The molecule has 1 heterocycles. The lowest BCUT2D eigenvalue weighted by Gasteiger charge is -2.15. The first-order valence-electron chi connectivity index (χ1n) is 7.31. The minimum absolute atomic E-state index is 0.335. The van der Waals surface area contributed by atoms with Crippen LogP contribution in [0.5, 0.6) is 0 Å². The molecule has 0 fully saturated rings. The molecule has 0 spiro atoms. The van der Waals surface area contributed by atoms with E-state index in [2.05, 4.69) is 30.2 Å². The van der Waals surface area contributed by atoms with Crippen LogP contribution in [0.2, 0.25) is 0 Å². The molecule has 0 amide bonds. The minimum Gasteiger partial charge on any atom is -0.367 e. The number of fused-ring (bicyclic) bond motifs is 1. The molecular formula is C17H21N3. The number of aromatic nitrogens is 1. The molecule has 0 aliphatic rings. The van der Waals surface area contributed by atoms with Crippen LogP contribution >= 0.6 is 0 Å². The first kappa shape index (κ1) is 14.3. The second-order valence-electron chi connectivity index (χ2n) is 5.23. The van der Waals surface area contributed by atoms with Crippen molar-refractivity contribution in [3.63, 3.8) is 0 Å². The fraction of sp³-hybridized carbons (Fsp3) is 0.412. The number of rotatable bonds is 6. The van der Waals surface area contributed by atoms with E-state index in [1.807, 2.05) is 30.3 Å². The third-order valence-corrected chi connectivity index (χ3v) is 3.47. The Bertz CT molecular complexity index is 613. The molecule has 1 aromatic heterocycles. The van der Waals surface area contributed by atoms with Gasteiger partial charge in [-0.3, -0.25) is 0 Å². The van der Waals surface area contributed by atoms with Gasteiger partial charge in [0.1, 0.15) is 11.9 Å². The van der Waals surface area contributed by atoms with E-state index < -0.39 is 0 Å². The van der Waals surface area contributed by atoms with Crippen LogP contribution in [0.3, 0.4) is 0 Å². The molecule has 0 saturated heterocycles. The van der Waals surface area contributed by atoms with Gasteiger partial charge in [0, 0.05) is 11.4 Å². The molecule has 1 N–H and O–H groups in total. The summed E-state index contributed by atoms with van der Waals surface area (Å²) in [5.74, 6) is 0.704. The van der Waals surface area contributed by atoms with E-state index in [4.69, 9.17) is 0 Å². The lowest BCUT2D eigenvalue weighted by molar-refractivity contribution is 0.614. The summed E-state index contributed by atoms with van der Waals surface area (Å²) < 4.78 is 0. The topological polar surface area (TPSA) is 48.7 Å². The van der Waals surface area contributed by atoms with E-state index in [-0.39, 0.29) is 0 Å². The molecular weight excluding hydrogens is 246 g/mol.